The van der Waals surface area contributed by atoms with Gasteiger partial charge in [-0.1, -0.05) is 12.1 Å². The number of nitrogens with zero attached hydrogens (tertiary/aromatic N) is 1. The van der Waals surface area contributed by atoms with E-state index in [2.05, 4.69) is 15.5 Å². The van der Waals surface area contributed by atoms with Crippen molar-refractivity contribution in [3.63, 3.8) is 0 Å². The summed E-state index contributed by atoms with van der Waals surface area (Å²) in [6, 6.07) is 7.14. The third kappa shape index (κ3) is 7.55. The van der Waals surface area contributed by atoms with Crippen molar-refractivity contribution in [2.24, 2.45) is 0 Å². The number of hydrogen-bond donors (Lipinski definition) is 2. The lowest BCUT2D eigenvalue weighted by Gasteiger charge is -2.35. The first-order chi connectivity index (χ1) is 13.7. The van der Waals surface area contributed by atoms with Crippen LogP contribution in [0.3, 0.4) is 0 Å². The van der Waals surface area contributed by atoms with Crippen LogP contribution in [0.1, 0.15) is 39.3 Å². The number of benzene rings is 1. The molecule has 8 heteroatoms. The van der Waals surface area contributed by atoms with Crippen LogP contribution in [0, 0.1) is 0 Å². The van der Waals surface area contributed by atoms with Gasteiger partial charge in [0, 0.05) is 19.6 Å². The Hall–Kier alpha value is -2.32. The number of ether oxygens (including phenoxy) is 3. The molecule has 1 aromatic rings. The molecule has 2 rings (SSSR count). The smallest absolute Gasteiger partial charge is 0.408 e. The Balaban J connectivity index is 1.98. The Bertz CT molecular complexity index is 666. The van der Waals surface area contributed by atoms with Gasteiger partial charge >= 0.3 is 6.09 Å². The van der Waals surface area contributed by atoms with Crippen LogP contribution in [-0.4, -0.2) is 68.5 Å². The molecule has 1 aromatic carbocycles. The van der Waals surface area contributed by atoms with Gasteiger partial charge in [0.15, 0.2) is 0 Å². The van der Waals surface area contributed by atoms with E-state index in [0.717, 1.165) is 24.4 Å². The number of hydrogen-bond acceptors (Lipinski definition) is 6. The maximum absolute atomic E-state index is 12.5. The lowest BCUT2D eigenvalue weighted by Crippen LogP contribution is -2.49. The highest BCUT2D eigenvalue weighted by Crippen LogP contribution is 2.23. The summed E-state index contributed by atoms with van der Waals surface area (Å²) < 4.78 is 15.9. The minimum absolute atomic E-state index is 0.00230. The van der Waals surface area contributed by atoms with Gasteiger partial charge in [0.25, 0.3) is 0 Å². The summed E-state index contributed by atoms with van der Waals surface area (Å²) in [6.45, 7) is 10.3. The van der Waals surface area contributed by atoms with Crippen molar-refractivity contribution in [2.75, 3.05) is 40.0 Å². The third-order valence-corrected chi connectivity index (χ3v) is 4.58. The van der Waals surface area contributed by atoms with E-state index in [0.29, 0.717) is 19.8 Å². The zero-order chi connectivity index (χ0) is 21.4. The lowest BCUT2D eigenvalue weighted by atomic mass is 10.0. The summed E-state index contributed by atoms with van der Waals surface area (Å²) in [4.78, 5) is 26.7. The van der Waals surface area contributed by atoms with Crippen LogP contribution in [0.15, 0.2) is 24.3 Å². The summed E-state index contributed by atoms with van der Waals surface area (Å²) in [5.74, 6) is 0.524. The van der Waals surface area contributed by atoms with Gasteiger partial charge in [-0.3, -0.25) is 9.69 Å². The van der Waals surface area contributed by atoms with Gasteiger partial charge in [-0.2, -0.15) is 0 Å². The second-order valence-corrected chi connectivity index (χ2v) is 8.05. The number of methoxy groups -OCH3 is 1. The number of carbonyl (C=O) groups excluding carboxylic acids is 2. The molecule has 0 aliphatic carbocycles. The van der Waals surface area contributed by atoms with Crippen LogP contribution in [0.5, 0.6) is 5.75 Å². The van der Waals surface area contributed by atoms with E-state index in [1.165, 1.54) is 0 Å². The molecule has 1 fully saturated rings. The van der Waals surface area contributed by atoms with Crippen LogP contribution in [0.2, 0.25) is 0 Å². The molecule has 0 aromatic heterocycles. The lowest BCUT2D eigenvalue weighted by molar-refractivity contribution is -0.123. The standard InChI is InChI=1S/C21H33N3O5/c1-15(23-20(26)29-21(2,3)4)19(25)22-14-18(24-10-12-28-13-11-24)16-6-8-17(27-5)9-7-16/h6-9,15,18H,10-14H2,1-5H3,(H,22,25)(H,23,26). The van der Waals surface area contributed by atoms with Crippen LogP contribution >= 0.6 is 0 Å². The number of carbonyl (C=O) groups is 2. The van der Waals surface area contributed by atoms with Crippen LogP contribution in [0.4, 0.5) is 4.79 Å². The summed E-state index contributed by atoms with van der Waals surface area (Å²) in [6.07, 6.45) is -0.611. The summed E-state index contributed by atoms with van der Waals surface area (Å²) >= 11 is 0. The average Bonchev–Trinajstić information content (AvgIpc) is 2.67. The molecule has 8 nitrogen and oxygen atoms in total. The number of amides is 2. The average molecular weight is 408 g/mol. The van der Waals surface area contributed by atoms with E-state index >= 15 is 0 Å². The van der Waals surface area contributed by atoms with Gasteiger partial charge in [-0.05, 0) is 45.4 Å². The molecule has 0 spiro atoms. The molecule has 1 saturated heterocycles. The predicted octanol–water partition coefficient (Wildman–Crippen LogP) is 2.10. The van der Waals surface area contributed by atoms with Crippen molar-refractivity contribution >= 4 is 12.0 Å². The molecule has 1 aliphatic rings. The van der Waals surface area contributed by atoms with E-state index in [9.17, 15) is 9.59 Å². The Morgan fingerprint density at radius 2 is 1.79 bits per heavy atom. The van der Waals surface area contributed by atoms with Crippen molar-refractivity contribution < 1.29 is 23.8 Å². The first-order valence-corrected chi connectivity index (χ1v) is 9.92. The number of morpholine rings is 1. The molecule has 29 heavy (non-hydrogen) atoms. The van der Waals surface area contributed by atoms with E-state index in [1.54, 1.807) is 34.8 Å². The van der Waals surface area contributed by atoms with Gasteiger partial charge in [-0.25, -0.2) is 4.79 Å². The molecule has 2 unspecified atom stereocenters. The van der Waals surface area contributed by atoms with Gasteiger partial charge in [-0.15, -0.1) is 0 Å². The fourth-order valence-electron chi connectivity index (χ4n) is 3.07. The van der Waals surface area contributed by atoms with Crippen molar-refractivity contribution in [3.05, 3.63) is 29.8 Å². The topological polar surface area (TPSA) is 89.1 Å². The highest BCUT2D eigenvalue weighted by Gasteiger charge is 2.25. The van der Waals surface area contributed by atoms with Crippen LogP contribution < -0.4 is 15.4 Å². The maximum Gasteiger partial charge on any atom is 0.408 e. The molecule has 2 amide bonds. The number of rotatable bonds is 7. The fourth-order valence-corrected chi connectivity index (χ4v) is 3.07. The minimum atomic E-state index is -0.703. The molecular formula is C21H33N3O5. The largest absolute Gasteiger partial charge is 0.497 e. The first-order valence-electron chi connectivity index (χ1n) is 9.92. The van der Waals surface area contributed by atoms with Crippen LogP contribution in [0.25, 0.3) is 0 Å². The van der Waals surface area contributed by atoms with Crippen molar-refractivity contribution in [1.82, 2.24) is 15.5 Å². The van der Waals surface area contributed by atoms with Gasteiger partial charge in [0.1, 0.15) is 17.4 Å². The van der Waals surface area contributed by atoms with E-state index in [1.807, 2.05) is 24.3 Å². The highest BCUT2D eigenvalue weighted by molar-refractivity contribution is 5.85. The monoisotopic (exact) mass is 407 g/mol. The van der Waals surface area contributed by atoms with Crippen molar-refractivity contribution in [3.8, 4) is 5.75 Å². The van der Waals surface area contributed by atoms with Crippen molar-refractivity contribution in [2.45, 2.75) is 45.4 Å². The van der Waals surface area contributed by atoms with E-state index < -0.39 is 17.7 Å². The molecule has 0 radical (unpaired) electrons. The molecule has 2 N–H and O–H groups in total. The third-order valence-electron chi connectivity index (χ3n) is 4.58. The molecule has 2 atom stereocenters. The van der Waals surface area contributed by atoms with Gasteiger partial charge in [0.05, 0.1) is 26.4 Å². The Labute approximate surface area is 172 Å². The molecule has 0 bridgehead atoms. The second kappa shape index (κ2) is 10.5. The van der Waals surface area contributed by atoms with E-state index in [-0.39, 0.29) is 11.9 Å². The summed E-state index contributed by atoms with van der Waals surface area (Å²) in [5, 5.41) is 5.52. The molecule has 0 saturated carbocycles. The second-order valence-electron chi connectivity index (χ2n) is 8.05. The fraction of sp³-hybridized carbons (Fsp3) is 0.619. The Kier molecular flexibility index (Phi) is 8.28. The Morgan fingerprint density at radius 1 is 1.17 bits per heavy atom. The first kappa shape index (κ1) is 23.0. The summed E-state index contributed by atoms with van der Waals surface area (Å²) in [7, 11) is 1.63. The SMILES string of the molecule is COc1ccc(C(CNC(=O)C(C)NC(=O)OC(C)(C)C)N2CCOCC2)cc1. The number of nitrogens with one attached hydrogen (secondary N) is 2. The van der Waals surface area contributed by atoms with E-state index in [4.69, 9.17) is 14.2 Å². The minimum Gasteiger partial charge on any atom is -0.497 e. The predicted molar refractivity (Wildman–Crippen MR) is 110 cm³/mol. The molecule has 1 heterocycles. The molecule has 162 valence electrons. The molecule has 1 aliphatic heterocycles. The normalized spacial score (nSPS) is 17.1. The van der Waals surface area contributed by atoms with Gasteiger partial charge in [0.2, 0.25) is 5.91 Å². The maximum atomic E-state index is 12.5. The Morgan fingerprint density at radius 3 is 2.34 bits per heavy atom. The zero-order valence-corrected chi connectivity index (χ0v) is 18.0. The van der Waals surface area contributed by atoms with Crippen LogP contribution in [-0.2, 0) is 14.3 Å². The summed E-state index contributed by atoms with van der Waals surface area (Å²) in [5.41, 5.74) is 0.469. The van der Waals surface area contributed by atoms with Crippen molar-refractivity contribution in [1.29, 1.82) is 0 Å². The number of alkyl carbamates (subject to hydrolysis) is 1. The van der Waals surface area contributed by atoms with Gasteiger partial charge < -0.3 is 24.8 Å². The zero-order valence-electron chi connectivity index (χ0n) is 18.0. The quantitative estimate of drug-likeness (QED) is 0.720. The molecular weight excluding hydrogens is 374 g/mol. The highest BCUT2D eigenvalue weighted by atomic mass is 16.6.